The van der Waals surface area contributed by atoms with Crippen LogP contribution >= 0.6 is 23.4 Å². The first-order valence-corrected chi connectivity index (χ1v) is 13.9. The summed E-state index contributed by atoms with van der Waals surface area (Å²) < 4.78 is 37.4. The number of rotatable bonds is 10. The van der Waals surface area contributed by atoms with E-state index in [1.54, 1.807) is 24.0 Å². The van der Waals surface area contributed by atoms with Gasteiger partial charge in [-0.1, -0.05) is 30.7 Å². The van der Waals surface area contributed by atoms with Crippen LogP contribution in [0.5, 0.6) is 0 Å². The minimum Gasteiger partial charge on any atom is -0.334 e. The van der Waals surface area contributed by atoms with Gasteiger partial charge in [-0.15, -0.1) is 11.6 Å². The Morgan fingerprint density at radius 3 is 2.38 bits per heavy atom. The molecule has 6 nitrogen and oxygen atoms in total. The Balaban J connectivity index is 0.00000260. The number of carbonyl (C=O) groups excluding carboxylic acids is 3. The van der Waals surface area contributed by atoms with Crippen LogP contribution in [-0.4, -0.2) is 40.6 Å². The number of carbonyl (C=O) groups is 3. The van der Waals surface area contributed by atoms with Crippen molar-refractivity contribution in [1.29, 1.82) is 0 Å². The minimum absolute atomic E-state index is 0.0316. The number of benzene rings is 2. The average Bonchev–Trinajstić information content (AvgIpc) is 3.20. The van der Waals surface area contributed by atoms with E-state index in [4.69, 9.17) is 0 Å². The van der Waals surface area contributed by atoms with Gasteiger partial charge in [-0.25, -0.2) is 4.79 Å². The van der Waals surface area contributed by atoms with E-state index in [0.717, 1.165) is 23.1 Å². The summed E-state index contributed by atoms with van der Waals surface area (Å²) in [6.45, 7) is 6.20. The number of urea groups is 1. The molecule has 1 unspecified atom stereocenters. The quantitative estimate of drug-likeness (QED) is 0.172. The summed E-state index contributed by atoms with van der Waals surface area (Å²) in [4.78, 5) is 38.9. The van der Waals surface area contributed by atoms with Crippen LogP contribution in [0, 0.1) is 0 Å². The summed E-state index contributed by atoms with van der Waals surface area (Å²) >= 11 is 4.42. The van der Waals surface area contributed by atoms with E-state index in [0.29, 0.717) is 30.6 Å². The zero-order valence-electron chi connectivity index (χ0n) is 22.3. The summed E-state index contributed by atoms with van der Waals surface area (Å²) in [5.41, 5.74) is -0.659. The standard InChI is InChI=1S/C27H30F3N3O3S.CH3Cl/c1-4-5-17(2)24(13-6-18(3)34)33-16-20-14-19(7-12-23(20)25(33)35)15-31-26(36)32-21-8-10-22(11-9-21)37-27(28,29)30;1-2/h5,7-12,14,24H,4,6,13,15-16H2,1-3H3,(H2,31,32,36);1H3/b17-5+;. The van der Waals surface area contributed by atoms with Crippen LogP contribution in [0.15, 0.2) is 59.0 Å². The number of fused-ring (bicyclic) bond motifs is 1. The normalized spacial score (nSPS) is 13.8. The predicted molar refractivity (Wildman–Crippen MR) is 150 cm³/mol. The van der Waals surface area contributed by atoms with E-state index in [2.05, 4.69) is 28.3 Å². The van der Waals surface area contributed by atoms with Crippen molar-refractivity contribution in [3.05, 3.63) is 70.8 Å². The fourth-order valence-electron chi connectivity index (χ4n) is 4.28. The highest BCUT2D eigenvalue weighted by Gasteiger charge is 2.33. The third-order valence-corrected chi connectivity index (χ3v) is 6.74. The van der Waals surface area contributed by atoms with Gasteiger partial charge in [0, 0.05) is 42.0 Å². The maximum Gasteiger partial charge on any atom is 0.446 e. The molecule has 0 aromatic heterocycles. The largest absolute Gasteiger partial charge is 0.446 e. The second-order valence-corrected chi connectivity index (χ2v) is 10.1. The molecule has 3 rings (SSSR count). The molecule has 0 saturated heterocycles. The van der Waals surface area contributed by atoms with Gasteiger partial charge in [0.2, 0.25) is 0 Å². The van der Waals surface area contributed by atoms with Gasteiger partial charge in [0.15, 0.2) is 0 Å². The molecule has 0 saturated carbocycles. The molecule has 0 aliphatic carbocycles. The number of nitrogens with zero attached hydrogens (tertiary/aromatic N) is 1. The Kier molecular flexibility index (Phi) is 12.4. The van der Waals surface area contributed by atoms with Crippen molar-refractivity contribution >= 4 is 46.8 Å². The van der Waals surface area contributed by atoms with E-state index in [1.807, 2.05) is 19.9 Å². The average molecular weight is 584 g/mol. The fourth-order valence-corrected chi connectivity index (χ4v) is 4.82. The van der Waals surface area contributed by atoms with Crippen LogP contribution in [0.3, 0.4) is 0 Å². The van der Waals surface area contributed by atoms with Crippen LogP contribution in [-0.2, 0) is 17.9 Å². The molecule has 3 amide bonds. The SMILES string of the molecule is CC/C=C(\C)C(CCC(C)=O)N1Cc2cc(CNC(=O)Nc3ccc(SC(F)(F)F)cc3)ccc2C1=O.CCl. The number of alkyl halides is 4. The lowest BCUT2D eigenvalue weighted by Gasteiger charge is -2.28. The van der Waals surface area contributed by atoms with Crippen LogP contribution in [0.1, 0.15) is 61.5 Å². The van der Waals surface area contributed by atoms with Crippen LogP contribution in [0.25, 0.3) is 0 Å². The zero-order chi connectivity index (χ0) is 29.2. The van der Waals surface area contributed by atoms with E-state index >= 15 is 0 Å². The first-order chi connectivity index (χ1) is 18.5. The van der Waals surface area contributed by atoms with Gasteiger partial charge in [0.25, 0.3) is 5.91 Å². The van der Waals surface area contributed by atoms with Crippen molar-refractivity contribution in [2.45, 2.75) is 69.6 Å². The van der Waals surface area contributed by atoms with Crippen molar-refractivity contribution in [1.82, 2.24) is 10.2 Å². The number of anilines is 1. The molecule has 1 aliphatic heterocycles. The molecule has 1 aliphatic rings. The number of hydrogen-bond donors (Lipinski definition) is 2. The third kappa shape index (κ3) is 9.93. The van der Waals surface area contributed by atoms with Crippen molar-refractivity contribution in [3.63, 3.8) is 0 Å². The molecule has 0 fully saturated rings. The molecule has 1 atom stereocenters. The van der Waals surface area contributed by atoms with Gasteiger partial charge in [-0.3, -0.25) is 4.79 Å². The van der Waals surface area contributed by atoms with Crippen molar-refractivity contribution < 1.29 is 27.6 Å². The first kappa shape index (κ1) is 32.2. The van der Waals surface area contributed by atoms with Gasteiger partial charge < -0.3 is 20.3 Å². The number of allylic oxidation sites excluding steroid dienone is 1. The van der Waals surface area contributed by atoms with E-state index in [9.17, 15) is 27.6 Å². The highest BCUT2D eigenvalue weighted by atomic mass is 35.5. The molecule has 1 heterocycles. The lowest BCUT2D eigenvalue weighted by molar-refractivity contribution is -0.117. The maximum atomic E-state index is 13.1. The van der Waals surface area contributed by atoms with Gasteiger partial charge in [0.05, 0.1) is 6.04 Å². The number of hydrogen-bond acceptors (Lipinski definition) is 4. The monoisotopic (exact) mass is 583 g/mol. The fraction of sp³-hybridized carbons (Fsp3) is 0.393. The lowest BCUT2D eigenvalue weighted by Crippen LogP contribution is -2.36. The second-order valence-electron chi connectivity index (χ2n) is 8.92. The maximum absolute atomic E-state index is 13.1. The topological polar surface area (TPSA) is 78.5 Å². The Morgan fingerprint density at radius 1 is 1.13 bits per heavy atom. The molecule has 39 heavy (non-hydrogen) atoms. The smallest absolute Gasteiger partial charge is 0.334 e. The number of halogens is 4. The predicted octanol–water partition coefficient (Wildman–Crippen LogP) is 7.53. The molecule has 2 N–H and O–H groups in total. The molecule has 2 aromatic rings. The molecule has 0 radical (unpaired) electrons. The van der Waals surface area contributed by atoms with Gasteiger partial charge in [-0.2, -0.15) is 13.2 Å². The highest BCUT2D eigenvalue weighted by Crippen LogP contribution is 2.37. The molecular weight excluding hydrogens is 551 g/mol. The summed E-state index contributed by atoms with van der Waals surface area (Å²) in [6, 6.07) is 10.2. The Hall–Kier alpha value is -2.98. The molecule has 212 valence electrons. The lowest BCUT2D eigenvalue weighted by atomic mass is 9.99. The Morgan fingerprint density at radius 2 is 1.79 bits per heavy atom. The summed E-state index contributed by atoms with van der Waals surface area (Å²) in [5, 5.41) is 5.32. The highest BCUT2D eigenvalue weighted by molar-refractivity contribution is 8.00. The summed E-state index contributed by atoms with van der Waals surface area (Å²) in [6.07, 6.45) is 5.36. The third-order valence-electron chi connectivity index (χ3n) is 6.00. The second kappa shape index (κ2) is 15.0. The molecule has 2 aromatic carbocycles. The minimum atomic E-state index is -4.37. The van der Waals surface area contributed by atoms with Crippen molar-refractivity contribution in [2.75, 3.05) is 11.7 Å². The summed E-state index contributed by atoms with van der Waals surface area (Å²) in [5.74, 6) is 0.0121. The Bertz CT molecular complexity index is 1190. The van der Waals surface area contributed by atoms with Gasteiger partial charge >= 0.3 is 11.5 Å². The number of nitrogens with one attached hydrogen (secondary N) is 2. The molecule has 11 heteroatoms. The number of ketones is 1. The molecule has 0 bridgehead atoms. The van der Waals surface area contributed by atoms with Crippen LogP contribution < -0.4 is 10.6 Å². The van der Waals surface area contributed by atoms with Gasteiger partial charge in [0.1, 0.15) is 5.78 Å². The van der Waals surface area contributed by atoms with Crippen molar-refractivity contribution in [3.8, 4) is 0 Å². The molecule has 0 spiro atoms. The van der Waals surface area contributed by atoms with Crippen LogP contribution in [0.4, 0.5) is 23.7 Å². The van der Waals surface area contributed by atoms with Crippen LogP contribution in [0.2, 0.25) is 0 Å². The van der Waals surface area contributed by atoms with E-state index in [-0.39, 0.29) is 40.9 Å². The number of thioether (sulfide) groups is 1. The van der Waals surface area contributed by atoms with E-state index in [1.165, 1.54) is 30.6 Å². The molecular formula is C28H33ClF3N3O3S. The first-order valence-electron chi connectivity index (χ1n) is 12.3. The summed E-state index contributed by atoms with van der Waals surface area (Å²) in [7, 11) is 0. The zero-order valence-corrected chi connectivity index (χ0v) is 23.9. The van der Waals surface area contributed by atoms with E-state index < -0.39 is 11.5 Å². The van der Waals surface area contributed by atoms with Crippen molar-refractivity contribution in [2.24, 2.45) is 0 Å². The number of amides is 3. The Labute approximate surface area is 236 Å². The van der Waals surface area contributed by atoms with Gasteiger partial charge in [-0.05, 0) is 79.9 Å². The number of Topliss-reactive ketones (excluding diaryl/α,β-unsaturated/α-hetero) is 1.